The molecule has 6 nitrogen and oxygen atoms in total. The van der Waals surface area contributed by atoms with Crippen LogP contribution in [0.3, 0.4) is 0 Å². The third kappa shape index (κ3) is 4.72. The molecule has 0 spiro atoms. The van der Waals surface area contributed by atoms with Crippen molar-refractivity contribution >= 4 is 33.2 Å². The first-order valence-electron chi connectivity index (χ1n) is 7.76. The fraction of sp³-hybridized carbons (Fsp3) is 0.235. The summed E-state index contributed by atoms with van der Waals surface area (Å²) in [5, 5.41) is 9.14. The number of hydrogen-bond acceptors (Lipinski definition) is 4. The van der Waals surface area contributed by atoms with Crippen molar-refractivity contribution in [2.24, 2.45) is 0 Å². The van der Waals surface area contributed by atoms with Crippen LogP contribution in [0.1, 0.15) is 17.3 Å². The van der Waals surface area contributed by atoms with Gasteiger partial charge in [-0.25, -0.2) is 12.8 Å². The molecule has 2 rings (SSSR count). The van der Waals surface area contributed by atoms with Gasteiger partial charge in [0.25, 0.3) is 15.9 Å². The van der Waals surface area contributed by atoms with Crippen LogP contribution in [0.15, 0.2) is 47.4 Å². The van der Waals surface area contributed by atoms with E-state index in [9.17, 15) is 17.6 Å². The molecule has 2 aromatic carbocycles. The average Bonchev–Trinajstić information content (AvgIpc) is 2.61. The molecule has 9 heteroatoms. The molecule has 2 N–H and O–H groups in total. The highest BCUT2D eigenvalue weighted by Gasteiger charge is 2.21. The van der Waals surface area contributed by atoms with Crippen LogP contribution in [0.5, 0.6) is 0 Å². The van der Waals surface area contributed by atoms with Crippen molar-refractivity contribution < 1.29 is 22.7 Å². The average molecular weight is 401 g/mol. The van der Waals surface area contributed by atoms with E-state index < -0.39 is 21.7 Å². The normalized spacial score (nSPS) is 11.2. The first-order valence-corrected chi connectivity index (χ1v) is 9.62. The number of sulfonamides is 1. The summed E-state index contributed by atoms with van der Waals surface area (Å²) in [6.07, 6.45) is 0. The van der Waals surface area contributed by atoms with E-state index in [1.807, 2.05) is 0 Å². The highest BCUT2D eigenvalue weighted by molar-refractivity contribution is 7.92. The van der Waals surface area contributed by atoms with Crippen LogP contribution in [0.4, 0.5) is 10.1 Å². The molecule has 0 unspecified atom stereocenters. The number of aliphatic hydroxyl groups excluding tert-OH is 1. The van der Waals surface area contributed by atoms with Gasteiger partial charge < -0.3 is 10.0 Å². The molecule has 0 saturated carbocycles. The lowest BCUT2D eigenvalue weighted by Gasteiger charge is -2.20. The van der Waals surface area contributed by atoms with Gasteiger partial charge in [0.1, 0.15) is 5.82 Å². The molecule has 2 aromatic rings. The molecule has 0 heterocycles. The number of carbonyl (C=O) groups is 1. The minimum Gasteiger partial charge on any atom is -0.395 e. The number of nitrogens with zero attached hydrogens (tertiary/aromatic N) is 1. The third-order valence-electron chi connectivity index (χ3n) is 3.61. The fourth-order valence-electron chi connectivity index (χ4n) is 2.26. The van der Waals surface area contributed by atoms with Crippen LogP contribution < -0.4 is 4.72 Å². The number of likely N-dealkylation sites (N-methyl/N-ethyl adjacent to an activating group) is 1. The molecule has 26 heavy (non-hydrogen) atoms. The Balaban J connectivity index is 2.35. The van der Waals surface area contributed by atoms with E-state index in [2.05, 4.69) is 4.72 Å². The quantitative estimate of drug-likeness (QED) is 0.748. The Hall–Kier alpha value is -2.16. The van der Waals surface area contributed by atoms with Crippen LogP contribution in [0, 0.1) is 5.82 Å². The predicted molar refractivity (Wildman–Crippen MR) is 97.3 cm³/mol. The van der Waals surface area contributed by atoms with Gasteiger partial charge in [0, 0.05) is 18.8 Å². The second-order valence-corrected chi connectivity index (χ2v) is 7.45. The molecular formula is C17H18ClFN2O4S. The van der Waals surface area contributed by atoms with Gasteiger partial charge in [-0.2, -0.15) is 0 Å². The first kappa shape index (κ1) is 20.2. The number of anilines is 1. The van der Waals surface area contributed by atoms with Gasteiger partial charge in [0.2, 0.25) is 0 Å². The topological polar surface area (TPSA) is 86.7 Å². The van der Waals surface area contributed by atoms with Gasteiger partial charge in [-0.05, 0) is 49.4 Å². The van der Waals surface area contributed by atoms with Gasteiger partial charge in [-0.3, -0.25) is 9.52 Å². The minimum atomic E-state index is -3.99. The lowest BCUT2D eigenvalue weighted by Crippen LogP contribution is -2.33. The standard InChI is InChI=1S/C17H18ClFN2O4S/c1-2-21(9-10-22)17(23)15-11-14(7-8-16(15)18)26(24,25)20-13-5-3-12(19)4-6-13/h3-8,11,20,22H,2,9-10H2,1H3. The zero-order chi connectivity index (χ0) is 19.3. The van der Waals surface area contributed by atoms with Crippen LogP contribution >= 0.6 is 11.6 Å². The molecule has 0 aliphatic rings. The lowest BCUT2D eigenvalue weighted by molar-refractivity contribution is 0.0732. The number of aliphatic hydroxyl groups is 1. The number of nitrogens with one attached hydrogen (secondary N) is 1. The Morgan fingerprint density at radius 3 is 2.46 bits per heavy atom. The zero-order valence-electron chi connectivity index (χ0n) is 13.9. The van der Waals surface area contributed by atoms with Gasteiger partial charge in [0.05, 0.1) is 22.1 Å². The highest BCUT2D eigenvalue weighted by atomic mass is 35.5. The van der Waals surface area contributed by atoms with Crippen molar-refractivity contribution in [3.8, 4) is 0 Å². The third-order valence-corrected chi connectivity index (χ3v) is 5.32. The van der Waals surface area contributed by atoms with Crippen molar-refractivity contribution in [2.45, 2.75) is 11.8 Å². The molecule has 0 radical (unpaired) electrons. The maximum Gasteiger partial charge on any atom is 0.261 e. The Bertz CT molecular complexity index is 888. The summed E-state index contributed by atoms with van der Waals surface area (Å²) in [7, 11) is -3.99. The Morgan fingerprint density at radius 2 is 1.88 bits per heavy atom. The van der Waals surface area contributed by atoms with E-state index in [1.165, 1.54) is 35.2 Å². The summed E-state index contributed by atoms with van der Waals surface area (Å²) >= 11 is 6.05. The molecule has 0 aromatic heterocycles. The molecule has 140 valence electrons. The molecule has 0 aliphatic carbocycles. The molecule has 0 bridgehead atoms. The van der Waals surface area contributed by atoms with E-state index in [1.54, 1.807) is 6.92 Å². The molecule has 0 atom stereocenters. The van der Waals surface area contributed by atoms with Crippen molar-refractivity contribution in [1.29, 1.82) is 0 Å². The summed E-state index contributed by atoms with van der Waals surface area (Å²) < 4.78 is 40.3. The highest BCUT2D eigenvalue weighted by Crippen LogP contribution is 2.24. The smallest absolute Gasteiger partial charge is 0.261 e. The van der Waals surface area contributed by atoms with Crippen molar-refractivity contribution in [3.63, 3.8) is 0 Å². The van der Waals surface area contributed by atoms with Gasteiger partial charge in [-0.1, -0.05) is 11.6 Å². The summed E-state index contributed by atoms with van der Waals surface area (Å²) in [5.74, 6) is -0.971. The molecular weight excluding hydrogens is 383 g/mol. The largest absolute Gasteiger partial charge is 0.395 e. The van der Waals surface area contributed by atoms with Gasteiger partial charge in [0.15, 0.2) is 0 Å². The van der Waals surface area contributed by atoms with Crippen LogP contribution in [-0.2, 0) is 10.0 Å². The summed E-state index contributed by atoms with van der Waals surface area (Å²) in [4.78, 5) is 13.7. The minimum absolute atomic E-state index is 0.0175. The SMILES string of the molecule is CCN(CCO)C(=O)c1cc(S(=O)(=O)Nc2ccc(F)cc2)ccc1Cl. The van der Waals surface area contributed by atoms with E-state index in [4.69, 9.17) is 16.7 Å². The molecule has 1 amide bonds. The maximum atomic E-state index is 12.9. The van der Waals surface area contributed by atoms with E-state index in [0.717, 1.165) is 12.1 Å². The number of rotatable bonds is 7. The predicted octanol–water partition coefficient (Wildman–Crippen LogP) is 2.73. The van der Waals surface area contributed by atoms with Crippen molar-refractivity contribution in [3.05, 3.63) is 58.9 Å². The van der Waals surface area contributed by atoms with E-state index in [0.29, 0.717) is 6.54 Å². The summed E-state index contributed by atoms with van der Waals surface area (Å²) in [5.41, 5.74) is 0.202. The second kappa shape index (κ2) is 8.48. The van der Waals surface area contributed by atoms with Crippen LogP contribution in [0.25, 0.3) is 0 Å². The molecule has 0 fully saturated rings. The number of benzene rings is 2. The molecule has 0 aliphatic heterocycles. The first-order chi connectivity index (χ1) is 12.3. The molecule has 0 saturated heterocycles. The Morgan fingerprint density at radius 1 is 1.23 bits per heavy atom. The van der Waals surface area contributed by atoms with E-state index in [-0.39, 0.29) is 34.3 Å². The Labute approximate surface area is 156 Å². The number of amides is 1. The lowest BCUT2D eigenvalue weighted by atomic mass is 10.2. The monoisotopic (exact) mass is 400 g/mol. The number of hydrogen-bond donors (Lipinski definition) is 2. The zero-order valence-corrected chi connectivity index (χ0v) is 15.5. The maximum absolute atomic E-state index is 12.9. The fourth-order valence-corrected chi connectivity index (χ4v) is 3.54. The Kier molecular flexibility index (Phi) is 6.57. The number of halogens is 2. The van der Waals surface area contributed by atoms with Crippen LogP contribution in [0.2, 0.25) is 5.02 Å². The summed E-state index contributed by atoms with van der Waals surface area (Å²) in [6, 6.07) is 8.60. The van der Waals surface area contributed by atoms with Crippen LogP contribution in [-0.4, -0.2) is 44.0 Å². The van der Waals surface area contributed by atoms with Crippen molar-refractivity contribution in [2.75, 3.05) is 24.4 Å². The van der Waals surface area contributed by atoms with Gasteiger partial charge >= 0.3 is 0 Å². The summed E-state index contributed by atoms with van der Waals surface area (Å²) in [6.45, 7) is 1.95. The van der Waals surface area contributed by atoms with Gasteiger partial charge in [-0.15, -0.1) is 0 Å². The van der Waals surface area contributed by atoms with E-state index >= 15 is 0 Å². The second-order valence-electron chi connectivity index (χ2n) is 5.36. The van der Waals surface area contributed by atoms with Crippen molar-refractivity contribution in [1.82, 2.24) is 4.90 Å². The number of carbonyl (C=O) groups excluding carboxylic acids is 1.